The van der Waals surface area contributed by atoms with Crippen LogP contribution in [-0.4, -0.2) is 16.3 Å². The summed E-state index contributed by atoms with van der Waals surface area (Å²) in [6.45, 7) is 2.22. The van der Waals surface area contributed by atoms with Gasteiger partial charge in [-0.05, 0) is 36.2 Å². The van der Waals surface area contributed by atoms with Crippen LogP contribution in [0.5, 0.6) is 0 Å². The molecule has 0 aliphatic carbocycles. The van der Waals surface area contributed by atoms with Gasteiger partial charge in [-0.3, -0.25) is 5.32 Å². The highest BCUT2D eigenvalue weighted by atomic mass is 79.9. The fourth-order valence-electron chi connectivity index (χ4n) is 2.10. The average Bonchev–Trinajstić information content (AvgIpc) is 3.01. The van der Waals surface area contributed by atoms with E-state index in [4.69, 9.17) is 4.74 Å². The maximum atomic E-state index is 11.8. The number of carbonyl (C=O) groups excluding carboxylic acids is 1. The van der Waals surface area contributed by atoms with Gasteiger partial charge in [0.05, 0.1) is 0 Å². The summed E-state index contributed by atoms with van der Waals surface area (Å²) in [5.74, 6) is 0. The first-order valence-electron chi connectivity index (χ1n) is 7.19. The maximum absolute atomic E-state index is 11.8. The molecule has 0 saturated carbocycles. The van der Waals surface area contributed by atoms with Crippen LogP contribution in [0.3, 0.4) is 0 Å². The molecule has 5 nitrogen and oxygen atoms in total. The number of hydrogen-bond donors (Lipinski definition) is 1. The molecular weight excluding hydrogens is 390 g/mol. The first-order chi connectivity index (χ1) is 11.6. The zero-order valence-corrected chi connectivity index (χ0v) is 15.2. The number of carbonyl (C=O) groups is 1. The Bertz CT molecular complexity index is 832. The third-order valence-electron chi connectivity index (χ3n) is 3.14. The molecule has 1 amide bonds. The highest BCUT2D eigenvalue weighted by molar-refractivity contribution is 9.10. The highest BCUT2D eigenvalue weighted by Crippen LogP contribution is 2.29. The summed E-state index contributed by atoms with van der Waals surface area (Å²) in [7, 11) is 0. The fourth-order valence-corrected chi connectivity index (χ4v) is 3.42. The Morgan fingerprint density at radius 1 is 1.21 bits per heavy atom. The van der Waals surface area contributed by atoms with Crippen LogP contribution in [0.15, 0.2) is 53.0 Å². The van der Waals surface area contributed by atoms with Crippen molar-refractivity contribution in [3.63, 3.8) is 0 Å². The van der Waals surface area contributed by atoms with Gasteiger partial charge in [0.25, 0.3) is 0 Å². The molecule has 2 aromatic carbocycles. The Kier molecular flexibility index (Phi) is 5.22. The number of nitrogens with one attached hydrogen (secondary N) is 1. The van der Waals surface area contributed by atoms with Crippen LogP contribution < -0.4 is 5.32 Å². The molecule has 3 rings (SSSR count). The van der Waals surface area contributed by atoms with Crippen LogP contribution in [0.2, 0.25) is 0 Å². The lowest BCUT2D eigenvalue weighted by Crippen LogP contribution is -2.13. The number of rotatable bonds is 4. The normalized spacial score (nSPS) is 10.4. The molecule has 3 aromatic rings. The summed E-state index contributed by atoms with van der Waals surface area (Å²) in [5, 5.41) is 11.8. The van der Waals surface area contributed by atoms with E-state index in [1.165, 1.54) is 11.3 Å². The monoisotopic (exact) mass is 403 g/mol. The number of benzene rings is 2. The summed E-state index contributed by atoms with van der Waals surface area (Å²) < 4.78 is 6.14. The van der Waals surface area contributed by atoms with Gasteiger partial charge < -0.3 is 4.74 Å². The molecule has 0 radical (unpaired) electrons. The minimum atomic E-state index is -0.549. The van der Waals surface area contributed by atoms with Gasteiger partial charge in [-0.2, -0.15) is 0 Å². The minimum Gasteiger partial charge on any atom is -0.444 e. The Hall–Kier alpha value is -2.25. The quantitative estimate of drug-likeness (QED) is 0.663. The van der Waals surface area contributed by atoms with Crippen molar-refractivity contribution in [3.05, 3.63) is 64.1 Å². The SMILES string of the molecule is Cc1cc(Br)cc(-c2nnc(NC(=O)OCc3ccccc3)s2)c1. The first kappa shape index (κ1) is 16.6. The molecule has 0 aliphatic rings. The molecule has 1 aromatic heterocycles. The molecular formula is C17H14BrN3O2S. The van der Waals surface area contributed by atoms with E-state index in [1.54, 1.807) is 0 Å². The van der Waals surface area contributed by atoms with Gasteiger partial charge in [-0.15, -0.1) is 10.2 Å². The van der Waals surface area contributed by atoms with Crippen molar-refractivity contribution < 1.29 is 9.53 Å². The van der Waals surface area contributed by atoms with Crippen LogP contribution in [0, 0.1) is 6.92 Å². The van der Waals surface area contributed by atoms with Gasteiger partial charge in [0.1, 0.15) is 11.6 Å². The van der Waals surface area contributed by atoms with Crippen molar-refractivity contribution in [1.82, 2.24) is 10.2 Å². The molecule has 0 saturated heterocycles. The van der Waals surface area contributed by atoms with Gasteiger partial charge >= 0.3 is 6.09 Å². The van der Waals surface area contributed by atoms with Crippen molar-refractivity contribution in [2.75, 3.05) is 5.32 Å². The van der Waals surface area contributed by atoms with Gasteiger partial charge in [0.2, 0.25) is 5.13 Å². The molecule has 0 spiro atoms. The summed E-state index contributed by atoms with van der Waals surface area (Å²) >= 11 is 4.77. The molecule has 0 fully saturated rings. The van der Waals surface area contributed by atoms with E-state index in [9.17, 15) is 4.79 Å². The lowest BCUT2D eigenvalue weighted by molar-refractivity contribution is 0.155. The number of ether oxygens (including phenoxy) is 1. The highest BCUT2D eigenvalue weighted by Gasteiger charge is 2.11. The number of aromatic nitrogens is 2. The average molecular weight is 404 g/mol. The molecule has 0 aliphatic heterocycles. The van der Waals surface area contributed by atoms with E-state index in [1.807, 2.05) is 55.5 Å². The van der Waals surface area contributed by atoms with E-state index in [2.05, 4.69) is 31.4 Å². The number of anilines is 1. The fraction of sp³-hybridized carbons (Fsp3) is 0.118. The molecule has 0 atom stereocenters. The largest absolute Gasteiger partial charge is 0.444 e. The second-order valence-corrected chi connectivity index (χ2v) is 7.01. The van der Waals surface area contributed by atoms with Gasteiger partial charge in [-0.1, -0.05) is 57.6 Å². The number of amides is 1. The topological polar surface area (TPSA) is 64.1 Å². The molecule has 7 heteroatoms. The Morgan fingerprint density at radius 2 is 2.00 bits per heavy atom. The van der Waals surface area contributed by atoms with Crippen molar-refractivity contribution in [2.24, 2.45) is 0 Å². The summed E-state index contributed by atoms with van der Waals surface area (Å²) in [6, 6.07) is 15.5. The molecule has 1 N–H and O–H groups in total. The Labute approximate surface area is 151 Å². The molecule has 0 unspecified atom stereocenters. The van der Waals surface area contributed by atoms with Gasteiger partial charge in [0, 0.05) is 10.0 Å². The van der Waals surface area contributed by atoms with E-state index in [0.29, 0.717) is 5.13 Å². The lowest BCUT2D eigenvalue weighted by atomic mass is 10.1. The second-order valence-electron chi connectivity index (χ2n) is 5.12. The van der Waals surface area contributed by atoms with E-state index in [0.717, 1.165) is 26.2 Å². The third kappa shape index (κ3) is 4.39. The Balaban J connectivity index is 1.62. The Morgan fingerprint density at radius 3 is 2.75 bits per heavy atom. The summed E-state index contributed by atoms with van der Waals surface area (Å²) in [6.07, 6.45) is -0.549. The van der Waals surface area contributed by atoms with Crippen LogP contribution in [0.25, 0.3) is 10.6 Å². The predicted molar refractivity (Wildman–Crippen MR) is 98.0 cm³/mol. The lowest BCUT2D eigenvalue weighted by Gasteiger charge is -2.04. The van der Waals surface area contributed by atoms with E-state index < -0.39 is 6.09 Å². The maximum Gasteiger partial charge on any atom is 0.413 e. The molecule has 1 heterocycles. The summed E-state index contributed by atoms with van der Waals surface area (Å²) in [4.78, 5) is 11.8. The minimum absolute atomic E-state index is 0.211. The number of nitrogens with zero attached hydrogens (tertiary/aromatic N) is 2. The van der Waals surface area contributed by atoms with Crippen molar-refractivity contribution in [1.29, 1.82) is 0 Å². The molecule has 122 valence electrons. The molecule has 24 heavy (non-hydrogen) atoms. The van der Waals surface area contributed by atoms with Crippen LogP contribution in [0.4, 0.5) is 9.93 Å². The first-order valence-corrected chi connectivity index (χ1v) is 8.80. The van der Waals surface area contributed by atoms with Gasteiger partial charge in [0.15, 0.2) is 0 Å². The standard InChI is InChI=1S/C17H14BrN3O2S/c1-11-7-13(9-14(18)8-11)15-20-21-16(24-15)19-17(22)23-10-12-5-3-2-4-6-12/h2-9H,10H2,1H3,(H,19,21,22). The zero-order chi connectivity index (χ0) is 16.9. The number of halogens is 1. The smallest absolute Gasteiger partial charge is 0.413 e. The zero-order valence-electron chi connectivity index (χ0n) is 12.8. The van der Waals surface area contributed by atoms with E-state index in [-0.39, 0.29) is 6.61 Å². The van der Waals surface area contributed by atoms with Crippen molar-refractivity contribution in [3.8, 4) is 10.6 Å². The van der Waals surface area contributed by atoms with E-state index >= 15 is 0 Å². The van der Waals surface area contributed by atoms with Crippen LogP contribution >= 0.6 is 27.3 Å². The number of hydrogen-bond acceptors (Lipinski definition) is 5. The predicted octanol–water partition coefficient (Wildman–Crippen LogP) is 5.02. The number of aryl methyl sites for hydroxylation is 1. The van der Waals surface area contributed by atoms with Crippen molar-refractivity contribution in [2.45, 2.75) is 13.5 Å². The second kappa shape index (κ2) is 7.55. The van der Waals surface area contributed by atoms with Crippen LogP contribution in [0.1, 0.15) is 11.1 Å². The van der Waals surface area contributed by atoms with Crippen LogP contribution in [-0.2, 0) is 11.3 Å². The van der Waals surface area contributed by atoms with Crippen molar-refractivity contribution >= 4 is 38.5 Å². The molecule has 0 bridgehead atoms. The third-order valence-corrected chi connectivity index (χ3v) is 4.48. The van der Waals surface area contributed by atoms with Gasteiger partial charge in [-0.25, -0.2) is 4.79 Å². The summed E-state index contributed by atoms with van der Waals surface area (Å²) in [5.41, 5.74) is 2.99.